The van der Waals surface area contributed by atoms with Crippen LogP contribution in [0.4, 0.5) is 0 Å². The molecule has 82 valence electrons. The molecular formula is C13H19NO. The summed E-state index contributed by atoms with van der Waals surface area (Å²) in [5.41, 5.74) is 8.39. The van der Waals surface area contributed by atoms with Gasteiger partial charge in [-0.2, -0.15) is 0 Å². The quantitative estimate of drug-likeness (QED) is 0.770. The number of methoxy groups -OCH3 is 1. The maximum Gasteiger partial charge on any atom is 0.0936 e. The zero-order chi connectivity index (χ0) is 11.7. The zero-order valence-electron chi connectivity index (χ0n) is 9.49. The summed E-state index contributed by atoms with van der Waals surface area (Å²) < 4.78 is 4.32. The minimum atomic E-state index is 0.319. The molecule has 1 aromatic carbocycles. The summed E-state index contributed by atoms with van der Waals surface area (Å²) in [6, 6.07) is 6.14. The predicted molar refractivity (Wildman–Crippen MR) is 67.4 cm³/mol. The summed E-state index contributed by atoms with van der Waals surface area (Å²) >= 11 is 0. The van der Waals surface area contributed by atoms with Gasteiger partial charge in [-0.1, -0.05) is 43.5 Å². The Kier molecular flexibility index (Phi) is 7.24. The normalized spacial score (nSPS) is 8.73. The van der Waals surface area contributed by atoms with Gasteiger partial charge in [-0.3, -0.25) is 0 Å². The van der Waals surface area contributed by atoms with E-state index in [-0.39, 0.29) is 0 Å². The van der Waals surface area contributed by atoms with E-state index in [0.29, 0.717) is 6.73 Å². The molecule has 0 saturated carbocycles. The highest BCUT2D eigenvalue weighted by Gasteiger charge is 1.96. The van der Waals surface area contributed by atoms with E-state index in [4.69, 9.17) is 5.73 Å². The highest BCUT2D eigenvalue weighted by atomic mass is 16.5. The average molecular weight is 205 g/mol. The minimum Gasteiger partial charge on any atom is -0.370 e. The minimum absolute atomic E-state index is 0.319. The van der Waals surface area contributed by atoms with Gasteiger partial charge < -0.3 is 10.5 Å². The molecule has 0 saturated heterocycles. The van der Waals surface area contributed by atoms with Gasteiger partial charge in [-0.05, 0) is 23.6 Å². The van der Waals surface area contributed by atoms with Crippen LogP contribution in [0.5, 0.6) is 0 Å². The third-order valence-electron chi connectivity index (χ3n) is 1.95. The Morgan fingerprint density at radius 2 is 1.93 bits per heavy atom. The zero-order valence-corrected chi connectivity index (χ0v) is 9.49. The summed E-state index contributed by atoms with van der Waals surface area (Å²) in [5.74, 6) is 0. The Morgan fingerprint density at radius 1 is 1.33 bits per heavy atom. The lowest BCUT2D eigenvalue weighted by Gasteiger charge is -2.03. The van der Waals surface area contributed by atoms with Crippen molar-refractivity contribution in [2.45, 2.75) is 6.92 Å². The summed E-state index contributed by atoms with van der Waals surface area (Å²) in [6.45, 7) is 9.88. The van der Waals surface area contributed by atoms with E-state index in [1.54, 1.807) is 7.11 Å². The molecule has 0 aliphatic heterocycles. The van der Waals surface area contributed by atoms with Crippen LogP contribution in [0.2, 0.25) is 0 Å². The maximum absolute atomic E-state index is 4.81. The smallest absolute Gasteiger partial charge is 0.0936 e. The van der Waals surface area contributed by atoms with Crippen LogP contribution in [-0.4, -0.2) is 13.8 Å². The molecule has 0 aromatic heterocycles. The van der Waals surface area contributed by atoms with Gasteiger partial charge in [0, 0.05) is 7.11 Å². The predicted octanol–water partition coefficient (Wildman–Crippen LogP) is 2.83. The van der Waals surface area contributed by atoms with Crippen LogP contribution in [0.3, 0.4) is 0 Å². The summed E-state index contributed by atoms with van der Waals surface area (Å²) in [4.78, 5) is 0. The molecule has 0 radical (unpaired) electrons. The van der Waals surface area contributed by atoms with Crippen LogP contribution in [0.1, 0.15) is 16.7 Å². The van der Waals surface area contributed by atoms with Crippen molar-refractivity contribution in [2.75, 3.05) is 13.8 Å². The van der Waals surface area contributed by atoms with E-state index in [1.807, 2.05) is 24.3 Å². The van der Waals surface area contributed by atoms with Gasteiger partial charge in [0.25, 0.3) is 0 Å². The number of ether oxygens (including phenoxy) is 1. The molecule has 0 fully saturated rings. The molecule has 0 spiro atoms. The van der Waals surface area contributed by atoms with Crippen molar-refractivity contribution in [3.8, 4) is 0 Å². The number of hydrogen-bond acceptors (Lipinski definition) is 2. The molecule has 2 heteroatoms. The highest BCUT2D eigenvalue weighted by Crippen LogP contribution is 2.15. The summed E-state index contributed by atoms with van der Waals surface area (Å²) in [6.07, 6.45) is 3.72. The molecule has 0 bridgehead atoms. The van der Waals surface area contributed by atoms with Crippen molar-refractivity contribution in [2.24, 2.45) is 5.73 Å². The van der Waals surface area contributed by atoms with Crippen molar-refractivity contribution in [3.63, 3.8) is 0 Å². The number of hydrogen-bond donors (Lipinski definition) is 1. The SMILES string of the molecule is C=Cc1cccc(C)c1C=C.COCN. The number of nitrogens with two attached hydrogens (primary N) is 1. The van der Waals surface area contributed by atoms with Crippen LogP contribution in [0, 0.1) is 6.92 Å². The molecule has 0 amide bonds. The average Bonchev–Trinajstić information content (AvgIpc) is 2.29. The molecule has 2 N–H and O–H groups in total. The molecule has 0 aliphatic carbocycles. The van der Waals surface area contributed by atoms with Gasteiger partial charge in [0.1, 0.15) is 0 Å². The van der Waals surface area contributed by atoms with Crippen LogP contribution in [0.25, 0.3) is 12.2 Å². The number of benzene rings is 1. The van der Waals surface area contributed by atoms with Crippen LogP contribution in [-0.2, 0) is 4.74 Å². The summed E-state index contributed by atoms with van der Waals surface area (Å²) in [7, 11) is 1.56. The first-order valence-corrected chi connectivity index (χ1v) is 4.74. The molecular weight excluding hydrogens is 186 g/mol. The largest absolute Gasteiger partial charge is 0.370 e. The first kappa shape index (κ1) is 13.6. The molecule has 0 aliphatic rings. The van der Waals surface area contributed by atoms with E-state index < -0.39 is 0 Å². The standard InChI is InChI=1S/C11H12.C2H7NO/c1-4-10-8-6-7-9(3)11(10)5-2;1-4-2-3/h4-8H,1-2H2,3H3;2-3H2,1H3. The van der Waals surface area contributed by atoms with Gasteiger partial charge in [-0.15, -0.1) is 0 Å². The van der Waals surface area contributed by atoms with E-state index >= 15 is 0 Å². The van der Waals surface area contributed by atoms with Crippen molar-refractivity contribution < 1.29 is 4.74 Å². The molecule has 1 aromatic rings. The third-order valence-corrected chi connectivity index (χ3v) is 1.95. The Hall–Kier alpha value is -1.38. The van der Waals surface area contributed by atoms with Gasteiger partial charge in [0.2, 0.25) is 0 Å². The molecule has 0 atom stereocenters. The second-order valence-electron chi connectivity index (χ2n) is 2.94. The maximum atomic E-state index is 4.81. The van der Waals surface area contributed by atoms with E-state index in [9.17, 15) is 0 Å². The second-order valence-corrected chi connectivity index (χ2v) is 2.94. The van der Waals surface area contributed by atoms with Crippen molar-refractivity contribution in [3.05, 3.63) is 48.0 Å². The monoisotopic (exact) mass is 205 g/mol. The second kappa shape index (κ2) is 7.97. The lowest BCUT2D eigenvalue weighted by molar-refractivity contribution is 0.207. The molecule has 2 nitrogen and oxygen atoms in total. The lowest BCUT2D eigenvalue weighted by atomic mass is 10.0. The first-order chi connectivity index (χ1) is 7.21. The third kappa shape index (κ3) is 4.58. The molecule has 0 heterocycles. The lowest BCUT2D eigenvalue weighted by Crippen LogP contribution is -1.98. The van der Waals surface area contributed by atoms with Gasteiger partial charge >= 0.3 is 0 Å². The Morgan fingerprint density at radius 3 is 2.27 bits per heavy atom. The van der Waals surface area contributed by atoms with Crippen molar-refractivity contribution >= 4 is 12.2 Å². The molecule has 0 unspecified atom stereocenters. The molecule has 15 heavy (non-hydrogen) atoms. The Labute approximate surface area is 92.1 Å². The number of aryl methyl sites for hydroxylation is 1. The van der Waals surface area contributed by atoms with Gasteiger partial charge in [0.15, 0.2) is 0 Å². The first-order valence-electron chi connectivity index (χ1n) is 4.74. The van der Waals surface area contributed by atoms with Crippen LogP contribution < -0.4 is 5.73 Å². The van der Waals surface area contributed by atoms with E-state index in [2.05, 4.69) is 30.9 Å². The Bertz CT molecular complexity index is 316. The van der Waals surface area contributed by atoms with E-state index in [0.717, 1.165) is 5.56 Å². The number of rotatable bonds is 3. The van der Waals surface area contributed by atoms with Crippen molar-refractivity contribution in [1.82, 2.24) is 0 Å². The van der Waals surface area contributed by atoms with Crippen LogP contribution in [0.15, 0.2) is 31.4 Å². The van der Waals surface area contributed by atoms with Gasteiger partial charge in [0.05, 0.1) is 6.73 Å². The van der Waals surface area contributed by atoms with Crippen LogP contribution >= 0.6 is 0 Å². The highest BCUT2D eigenvalue weighted by molar-refractivity contribution is 5.65. The van der Waals surface area contributed by atoms with E-state index in [1.165, 1.54) is 11.1 Å². The fraction of sp³-hybridized carbons (Fsp3) is 0.231. The molecule has 1 rings (SSSR count). The van der Waals surface area contributed by atoms with Gasteiger partial charge in [-0.25, -0.2) is 0 Å². The fourth-order valence-electron chi connectivity index (χ4n) is 1.16. The Balaban J connectivity index is 0.000000423. The topological polar surface area (TPSA) is 35.2 Å². The summed E-state index contributed by atoms with van der Waals surface area (Å²) in [5, 5.41) is 0. The van der Waals surface area contributed by atoms with Crippen molar-refractivity contribution in [1.29, 1.82) is 0 Å². The fourth-order valence-corrected chi connectivity index (χ4v) is 1.16.